The summed E-state index contributed by atoms with van der Waals surface area (Å²) in [6.45, 7) is 4.57. The molecule has 0 saturated heterocycles. The van der Waals surface area contributed by atoms with E-state index in [1.165, 1.54) is 0 Å². The summed E-state index contributed by atoms with van der Waals surface area (Å²) < 4.78 is 1.65. The van der Waals surface area contributed by atoms with Crippen LogP contribution in [0.5, 0.6) is 0 Å². The Bertz CT molecular complexity index is 466. The maximum absolute atomic E-state index is 12.1. The number of aliphatic carboxylic acids is 1. The minimum absolute atomic E-state index is 0.111. The predicted octanol–water partition coefficient (Wildman–Crippen LogP) is 1.92. The molecule has 1 amide bonds. The van der Waals surface area contributed by atoms with E-state index in [0.717, 1.165) is 18.5 Å². The fourth-order valence-electron chi connectivity index (χ4n) is 1.98. The van der Waals surface area contributed by atoms with E-state index in [9.17, 15) is 9.59 Å². The first-order chi connectivity index (χ1) is 9.41. The number of unbranched alkanes of at least 4 members (excludes halogenated alkanes) is 2. The lowest BCUT2D eigenvalue weighted by atomic mass is 10.1. The highest BCUT2D eigenvalue weighted by molar-refractivity contribution is 5.95. The molecular formula is C14H23N3O3. The summed E-state index contributed by atoms with van der Waals surface area (Å²) in [5.74, 6) is -0.682. The summed E-state index contributed by atoms with van der Waals surface area (Å²) in [6.07, 6.45) is 4.16. The molecule has 6 nitrogen and oxygen atoms in total. The molecule has 112 valence electrons. The smallest absolute Gasteiger partial charge is 0.303 e. The summed E-state index contributed by atoms with van der Waals surface area (Å²) in [5, 5.41) is 15.7. The number of amides is 1. The van der Waals surface area contributed by atoms with E-state index < -0.39 is 5.97 Å². The van der Waals surface area contributed by atoms with Crippen LogP contribution in [0.1, 0.15) is 61.5 Å². The van der Waals surface area contributed by atoms with Gasteiger partial charge in [-0.15, -0.1) is 0 Å². The van der Waals surface area contributed by atoms with Gasteiger partial charge >= 0.3 is 5.97 Å². The number of carbonyl (C=O) groups is 2. The highest BCUT2D eigenvalue weighted by Gasteiger charge is 2.17. The van der Waals surface area contributed by atoms with Crippen LogP contribution < -0.4 is 5.32 Å². The summed E-state index contributed by atoms with van der Waals surface area (Å²) in [4.78, 5) is 22.4. The van der Waals surface area contributed by atoms with Crippen molar-refractivity contribution in [3.05, 3.63) is 17.5 Å². The van der Waals surface area contributed by atoms with E-state index >= 15 is 0 Å². The second-order valence-electron chi connectivity index (χ2n) is 5.22. The first-order valence-corrected chi connectivity index (χ1v) is 6.95. The van der Waals surface area contributed by atoms with Crippen LogP contribution in [0.15, 0.2) is 6.20 Å². The Morgan fingerprint density at radius 1 is 1.35 bits per heavy atom. The zero-order chi connectivity index (χ0) is 15.1. The molecule has 0 aromatic carbocycles. The molecular weight excluding hydrogens is 258 g/mol. The Morgan fingerprint density at radius 3 is 2.65 bits per heavy atom. The number of carboxylic acids is 1. The monoisotopic (exact) mass is 281 g/mol. The van der Waals surface area contributed by atoms with Crippen LogP contribution in [0.3, 0.4) is 0 Å². The van der Waals surface area contributed by atoms with E-state index in [4.69, 9.17) is 5.11 Å². The minimum Gasteiger partial charge on any atom is -0.481 e. The van der Waals surface area contributed by atoms with Crippen molar-refractivity contribution in [2.24, 2.45) is 7.05 Å². The second-order valence-corrected chi connectivity index (χ2v) is 5.22. The Kier molecular flexibility index (Phi) is 6.21. The number of carboxylic acid groups (broad SMARTS) is 1. The molecule has 0 fully saturated rings. The Labute approximate surface area is 119 Å². The van der Waals surface area contributed by atoms with Crippen LogP contribution in [0.4, 0.5) is 0 Å². The highest BCUT2D eigenvalue weighted by Crippen LogP contribution is 2.17. The van der Waals surface area contributed by atoms with Crippen LogP contribution in [0, 0.1) is 0 Å². The van der Waals surface area contributed by atoms with Gasteiger partial charge in [0.05, 0.1) is 11.3 Å². The molecule has 1 aromatic rings. The molecule has 0 aliphatic rings. The normalized spacial score (nSPS) is 10.8. The van der Waals surface area contributed by atoms with Crippen molar-refractivity contribution in [1.82, 2.24) is 15.1 Å². The van der Waals surface area contributed by atoms with Crippen LogP contribution in [0.25, 0.3) is 0 Å². The van der Waals surface area contributed by atoms with E-state index in [0.29, 0.717) is 18.5 Å². The first-order valence-electron chi connectivity index (χ1n) is 6.95. The standard InChI is InChI=1S/C14H23N3O3/c1-10(2)13-11(9-17(3)16-13)14(20)15-8-6-4-5-7-12(18)19/h9-10H,4-8H2,1-3H3,(H,15,20)(H,18,19). The summed E-state index contributed by atoms with van der Waals surface area (Å²) in [7, 11) is 1.80. The number of hydrogen-bond acceptors (Lipinski definition) is 3. The van der Waals surface area contributed by atoms with Gasteiger partial charge in [0.15, 0.2) is 0 Å². The van der Waals surface area contributed by atoms with Gasteiger partial charge in [0.1, 0.15) is 0 Å². The van der Waals surface area contributed by atoms with E-state index in [1.54, 1.807) is 17.9 Å². The van der Waals surface area contributed by atoms with Crippen LogP contribution in [0.2, 0.25) is 0 Å². The quantitative estimate of drug-likeness (QED) is 0.713. The van der Waals surface area contributed by atoms with Crippen LogP contribution in [-0.2, 0) is 11.8 Å². The Morgan fingerprint density at radius 2 is 2.05 bits per heavy atom. The van der Waals surface area contributed by atoms with Gasteiger partial charge in [0.25, 0.3) is 5.91 Å². The average molecular weight is 281 g/mol. The number of aromatic nitrogens is 2. The number of carbonyl (C=O) groups excluding carboxylic acids is 1. The molecule has 0 radical (unpaired) electrons. The van der Waals surface area contributed by atoms with Gasteiger partial charge in [-0.2, -0.15) is 5.10 Å². The molecule has 20 heavy (non-hydrogen) atoms. The van der Waals surface area contributed by atoms with Crippen LogP contribution >= 0.6 is 0 Å². The van der Waals surface area contributed by atoms with Crippen molar-refractivity contribution in [1.29, 1.82) is 0 Å². The highest BCUT2D eigenvalue weighted by atomic mass is 16.4. The lowest BCUT2D eigenvalue weighted by molar-refractivity contribution is -0.137. The van der Waals surface area contributed by atoms with Crippen molar-refractivity contribution in [2.75, 3.05) is 6.54 Å². The lowest BCUT2D eigenvalue weighted by Crippen LogP contribution is -2.25. The van der Waals surface area contributed by atoms with E-state index in [-0.39, 0.29) is 18.2 Å². The van der Waals surface area contributed by atoms with Crippen molar-refractivity contribution in [3.8, 4) is 0 Å². The fourth-order valence-corrected chi connectivity index (χ4v) is 1.98. The molecule has 6 heteroatoms. The summed E-state index contributed by atoms with van der Waals surface area (Å²) in [6, 6.07) is 0. The maximum Gasteiger partial charge on any atom is 0.303 e. The Balaban J connectivity index is 2.38. The molecule has 1 heterocycles. The largest absolute Gasteiger partial charge is 0.481 e. The zero-order valence-electron chi connectivity index (χ0n) is 12.3. The SMILES string of the molecule is CC(C)c1nn(C)cc1C(=O)NCCCCCC(=O)O. The average Bonchev–Trinajstić information content (AvgIpc) is 2.75. The Hall–Kier alpha value is -1.85. The summed E-state index contributed by atoms with van der Waals surface area (Å²) in [5.41, 5.74) is 1.42. The van der Waals surface area contributed by atoms with Gasteiger partial charge in [-0.05, 0) is 18.8 Å². The number of nitrogens with zero attached hydrogens (tertiary/aromatic N) is 2. The van der Waals surface area contributed by atoms with Gasteiger partial charge in [-0.25, -0.2) is 0 Å². The zero-order valence-corrected chi connectivity index (χ0v) is 12.3. The molecule has 0 aliphatic heterocycles. The number of hydrogen-bond donors (Lipinski definition) is 2. The van der Waals surface area contributed by atoms with Crippen molar-refractivity contribution < 1.29 is 14.7 Å². The van der Waals surface area contributed by atoms with E-state index in [1.807, 2.05) is 13.8 Å². The van der Waals surface area contributed by atoms with Gasteiger partial charge < -0.3 is 10.4 Å². The van der Waals surface area contributed by atoms with Crippen LogP contribution in [-0.4, -0.2) is 33.3 Å². The molecule has 0 bridgehead atoms. The number of nitrogens with one attached hydrogen (secondary N) is 1. The molecule has 0 saturated carbocycles. The molecule has 1 rings (SSSR count). The third-order valence-electron chi connectivity index (χ3n) is 3.00. The lowest BCUT2D eigenvalue weighted by Gasteiger charge is -2.06. The van der Waals surface area contributed by atoms with Gasteiger partial charge in [0.2, 0.25) is 0 Å². The van der Waals surface area contributed by atoms with Crippen molar-refractivity contribution in [2.45, 2.75) is 45.4 Å². The van der Waals surface area contributed by atoms with Crippen molar-refractivity contribution in [3.63, 3.8) is 0 Å². The van der Waals surface area contributed by atoms with E-state index in [2.05, 4.69) is 10.4 Å². The molecule has 2 N–H and O–H groups in total. The maximum atomic E-state index is 12.1. The van der Waals surface area contributed by atoms with Gasteiger partial charge in [0, 0.05) is 26.2 Å². The van der Waals surface area contributed by atoms with Crippen molar-refractivity contribution >= 4 is 11.9 Å². The topological polar surface area (TPSA) is 84.2 Å². The second kappa shape index (κ2) is 7.67. The predicted molar refractivity (Wildman–Crippen MR) is 75.7 cm³/mol. The number of aryl methyl sites for hydroxylation is 1. The molecule has 1 aromatic heterocycles. The van der Waals surface area contributed by atoms with Gasteiger partial charge in [-0.1, -0.05) is 20.3 Å². The minimum atomic E-state index is -0.772. The third-order valence-corrected chi connectivity index (χ3v) is 3.00. The molecule has 0 atom stereocenters. The molecule has 0 spiro atoms. The molecule has 0 unspecified atom stereocenters. The third kappa shape index (κ3) is 5.03. The van der Waals surface area contributed by atoms with Gasteiger partial charge in [-0.3, -0.25) is 14.3 Å². The number of rotatable bonds is 8. The first kappa shape index (κ1) is 16.2. The molecule has 0 aliphatic carbocycles. The summed E-state index contributed by atoms with van der Waals surface area (Å²) >= 11 is 0. The fraction of sp³-hybridized carbons (Fsp3) is 0.643.